The van der Waals surface area contributed by atoms with E-state index in [9.17, 15) is 4.79 Å². The summed E-state index contributed by atoms with van der Waals surface area (Å²) >= 11 is 1.47. The maximum atomic E-state index is 12.2. The summed E-state index contributed by atoms with van der Waals surface area (Å²) in [6, 6.07) is 17.7. The Balaban J connectivity index is 1.55. The Labute approximate surface area is 137 Å². The second kappa shape index (κ2) is 5.78. The Bertz CT molecular complexity index is 950. The van der Waals surface area contributed by atoms with E-state index in [0.29, 0.717) is 11.4 Å². The molecule has 4 nitrogen and oxygen atoms in total. The molecule has 0 aliphatic rings. The van der Waals surface area contributed by atoms with Crippen molar-refractivity contribution in [1.82, 2.24) is 9.88 Å². The second-order valence-corrected chi connectivity index (χ2v) is 6.21. The van der Waals surface area contributed by atoms with Crippen LogP contribution in [0.4, 0.5) is 0 Å². The molecule has 0 atom stereocenters. The Morgan fingerprint density at radius 3 is 2.87 bits per heavy atom. The summed E-state index contributed by atoms with van der Waals surface area (Å²) in [5, 5.41) is 5.07. The Kier molecular flexibility index (Phi) is 3.48. The van der Waals surface area contributed by atoms with Gasteiger partial charge < -0.3 is 14.3 Å². The van der Waals surface area contributed by atoms with Crippen molar-refractivity contribution in [2.24, 2.45) is 0 Å². The van der Waals surface area contributed by atoms with Gasteiger partial charge in [0.15, 0.2) is 0 Å². The lowest BCUT2D eigenvalue weighted by atomic mass is 10.2. The van der Waals surface area contributed by atoms with Crippen LogP contribution < -0.4 is 5.32 Å². The van der Waals surface area contributed by atoms with Crippen molar-refractivity contribution in [3.05, 3.63) is 77.7 Å². The molecule has 1 amide bonds. The van der Waals surface area contributed by atoms with Gasteiger partial charge in [0.2, 0.25) is 0 Å². The molecule has 0 aliphatic carbocycles. The van der Waals surface area contributed by atoms with Gasteiger partial charge in [0.1, 0.15) is 10.8 Å². The molecule has 0 bridgehead atoms. The zero-order chi connectivity index (χ0) is 15.6. The molecular formula is C18H14N2O2S. The maximum Gasteiger partial charge on any atom is 0.261 e. The molecule has 5 heteroatoms. The fourth-order valence-corrected chi connectivity index (χ4v) is 3.44. The normalized spacial score (nSPS) is 11.0. The van der Waals surface area contributed by atoms with E-state index >= 15 is 0 Å². The number of fused-ring (bicyclic) bond motifs is 1. The third-order valence-electron chi connectivity index (χ3n) is 3.66. The van der Waals surface area contributed by atoms with Gasteiger partial charge in [-0.25, -0.2) is 0 Å². The first kappa shape index (κ1) is 13.8. The van der Waals surface area contributed by atoms with Gasteiger partial charge in [-0.3, -0.25) is 4.79 Å². The summed E-state index contributed by atoms with van der Waals surface area (Å²) in [6.07, 6.45) is 3.63. The fraction of sp³-hybridized carbons (Fsp3) is 0.0556. The Hall–Kier alpha value is -2.79. The van der Waals surface area contributed by atoms with Crippen LogP contribution in [0.15, 0.2) is 71.5 Å². The van der Waals surface area contributed by atoms with Gasteiger partial charge in [0.25, 0.3) is 5.91 Å². The largest absolute Gasteiger partial charge is 0.467 e. The highest BCUT2D eigenvalue weighted by Crippen LogP contribution is 2.26. The smallest absolute Gasteiger partial charge is 0.261 e. The van der Waals surface area contributed by atoms with Crippen LogP contribution in [0.3, 0.4) is 0 Å². The van der Waals surface area contributed by atoms with Crippen molar-refractivity contribution < 1.29 is 9.21 Å². The molecule has 1 aromatic carbocycles. The minimum Gasteiger partial charge on any atom is -0.467 e. The zero-order valence-corrected chi connectivity index (χ0v) is 13.0. The lowest BCUT2D eigenvalue weighted by Gasteiger charge is -2.02. The first-order valence-electron chi connectivity index (χ1n) is 7.28. The average molecular weight is 322 g/mol. The number of amides is 1. The van der Waals surface area contributed by atoms with Gasteiger partial charge in [0, 0.05) is 6.20 Å². The van der Waals surface area contributed by atoms with Crippen LogP contribution in [0.5, 0.6) is 0 Å². The minimum absolute atomic E-state index is 0.0888. The van der Waals surface area contributed by atoms with Crippen LogP contribution in [0.2, 0.25) is 0 Å². The number of carbonyl (C=O) groups excluding carboxylic acids is 1. The number of aromatic nitrogens is 1. The van der Waals surface area contributed by atoms with E-state index in [1.165, 1.54) is 16.7 Å². The number of rotatable bonds is 4. The van der Waals surface area contributed by atoms with Crippen molar-refractivity contribution in [2.75, 3.05) is 0 Å². The minimum atomic E-state index is -0.0888. The van der Waals surface area contributed by atoms with Crippen LogP contribution in [-0.2, 0) is 6.54 Å². The Morgan fingerprint density at radius 2 is 2.00 bits per heavy atom. The van der Waals surface area contributed by atoms with Crippen molar-refractivity contribution in [1.29, 1.82) is 0 Å². The number of hydrogen-bond donors (Lipinski definition) is 1. The molecule has 0 saturated carbocycles. The molecule has 4 aromatic rings. The van der Waals surface area contributed by atoms with Crippen LogP contribution >= 0.6 is 11.3 Å². The number of nitrogens with zero attached hydrogens (tertiary/aromatic N) is 1. The van der Waals surface area contributed by atoms with E-state index in [1.54, 1.807) is 6.26 Å². The molecule has 0 unspecified atom stereocenters. The third-order valence-corrected chi connectivity index (χ3v) is 4.74. The van der Waals surface area contributed by atoms with E-state index in [1.807, 2.05) is 42.6 Å². The SMILES string of the molecule is O=C(NCc1ccco1)c1ccc(-n2ccc3ccccc32)s1. The average Bonchev–Trinajstić information content (AvgIpc) is 3.31. The summed E-state index contributed by atoms with van der Waals surface area (Å²) in [4.78, 5) is 12.9. The van der Waals surface area contributed by atoms with E-state index in [-0.39, 0.29) is 5.91 Å². The van der Waals surface area contributed by atoms with Crippen molar-refractivity contribution in [3.63, 3.8) is 0 Å². The molecule has 0 fully saturated rings. The summed E-state index contributed by atoms with van der Waals surface area (Å²) < 4.78 is 7.32. The summed E-state index contributed by atoms with van der Waals surface area (Å²) in [6.45, 7) is 0.394. The molecule has 23 heavy (non-hydrogen) atoms. The fourth-order valence-electron chi connectivity index (χ4n) is 2.52. The maximum absolute atomic E-state index is 12.2. The summed E-state index contributed by atoms with van der Waals surface area (Å²) in [7, 11) is 0. The molecule has 114 valence electrons. The lowest BCUT2D eigenvalue weighted by Crippen LogP contribution is -2.21. The first-order chi connectivity index (χ1) is 11.3. The van der Waals surface area contributed by atoms with Gasteiger partial charge in [0.05, 0.1) is 23.2 Å². The number of nitrogens with one attached hydrogen (secondary N) is 1. The number of carbonyl (C=O) groups is 1. The lowest BCUT2D eigenvalue weighted by molar-refractivity contribution is 0.0952. The van der Waals surface area contributed by atoms with E-state index in [0.717, 1.165) is 16.3 Å². The van der Waals surface area contributed by atoms with Gasteiger partial charge in [-0.15, -0.1) is 11.3 Å². The molecule has 0 spiro atoms. The number of thiophene rings is 1. The Morgan fingerprint density at radius 1 is 1.09 bits per heavy atom. The zero-order valence-electron chi connectivity index (χ0n) is 12.2. The predicted molar refractivity (Wildman–Crippen MR) is 91.0 cm³/mol. The number of para-hydroxylation sites is 1. The quantitative estimate of drug-likeness (QED) is 0.611. The highest BCUT2D eigenvalue weighted by atomic mass is 32.1. The topological polar surface area (TPSA) is 47.2 Å². The highest BCUT2D eigenvalue weighted by molar-refractivity contribution is 7.16. The van der Waals surface area contributed by atoms with Crippen molar-refractivity contribution in [2.45, 2.75) is 6.54 Å². The molecule has 0 saturated heterocycles. The van der Waals surface area contributed by atoms with Crippen LogP contribution in [0, 0.1) is 0 Å². The van der Waals surface area contributed by atoms with Crippen molar-refractivity contribution >= 4 is 28.1 Å². The van der Waals surface area contributed by atoms with Crippen LogP contribution in [0.1, 0.15) is 15.4 Å². The summed E-state index contributed by atoms with van der Waals surface area (Å²) in [5.41, 5.74) is 1.14. The van der Waals surface area contributed by atoms with Gasteiger partial charge >= 0.3 is 0 Å². The number of hydrogen-bond acceptors (Lipinski definition) is 3. The van der Waals surface area contributed by atoms with E-state index in [2.05, 4.69) is 28.1 Å². The standard InChI is InChI=1S/C18H14N2O2S/c21-18(19-12-14-5-3-11-22-14)16-7-8-17(23-16)20-10-9-13-4-1-2-6-15(13)20/h1-11H,12H2,(H,19,21). The van der Waals surface area contributed by atoms with Gasteiger partial charge in [-0.2, -0.15) is 0 Å². The highest BCUT2D eigenvalue weighted by Gasteiger charge is 2.11. The molecular weight excluding hydrogens is 308 g/mol. The van der Waals surface area contributed by atoms with E-state index < -0.39 is 0 Å². The van der Waals surface area contributed by atoms with Crippen molar-refractivity contribution in [3.8, 4) is 5.00 Å². The molecule has 0 radical (unpaired) electrons. The summed E-state index contributed by atoms with van der Waals surface area (Å²) in [5.74, 6) is 0.653. The third kappa shape index (κ3) is 2.66. The van der Waals surface area contributed by atoms with Crippen LogP contribution in [0.25, 0.3) is 15.9 Å². The second-order valence-electron chi connectivity index (χ2n) is 5.14. The number of benzene rings is 1. The van der Waals surface area contributed by atoms with Gasteiger partial charge in [-0.05, 0) is 41.8 Å². The van der Waals surface area contributed by atoms with E-state index in [4.69, 9.17) is 4.42 Å². The monoisotopic (exact) mass is 322 g/mol. The molecule has 3 heterocycles. The first-order valence-corrected chi connectivity index (χ1v) is 8.10. The molecule has 4 rings (SSSR count). The van der Waals surface area contributed by atoms with Crippen LogP contribution in [-0.4, -0.2) is 10.5 Å². The number of furan rings is 1. The molecule has 0 aliphatic heterocycles. The van der Waals surface area contributed by atoms with Gasteiger partial charge in [-0.1, -0.05) is 18.2 Å². The predicted octanol–water partition coefficient (Wildman–Crippen LogP) is 4.22. The molecule has 3 aromatic heterocycles. The molecule has 1 N–H and O–H groups in total.